The molecular weight excluding hydrogens is 406 g/mol. The molecule has 3 aromatic carbocycles. The van der Waals surface area contributed by atoms with Gasteiger partial charge in [0.25, 0.3) is 0 Å². The van der Waals surface area contributed by atoms with Gasteiger partial charge in [0.15, 0.2) is 0 Å². The monoisotopic (exact) mass is 441 g/mol. The molecular formula is C29H35N3O+2. The summed E-state index contributed by atoms with van der Waals surface area (Å²) in [6.07, 6.45) is 4.59. The number of quaternary nitrogens is 2. The number of nitrogens with one attached hydrogen (secondary N) is 3. The Hall–Kier alpha value is -3.08. The van der Waals surface area contributed by atoms with Crippen molar-refractivity contribution < 1.29 is 14.5 Å². The van der Waals surface area contributed by atoms with Crippen LogP contribution in [0.5, 0.6) is 5.75 Å². The molecule has 33 heavy (non-hydrogen) atoms. The molecule has 1 saturated heterocycles. The van der Waals surface area contributed by atoms with Gasteiger partial charge in [0.2, 0.25) is 0 Å². The lowest BCUT2D eigenvalue weighted by atomic mass is 9.96. The van der Waals surface area contributed by atoms with E-state index in [1.807, 2.05) is 0 Å². The zero-order valence-electron chi connectivity index (χ0n) is 19.5. The summed E-state index contributed by atoms with van der Waals surface area (Å²) in [5.41, 5.74) is 5.49. The van der Waals surface area contributed by atoms with Crippen molar-refractivity contribution in [1.29, 1.82) is 0 Å². The number of hydrogen-bond donors (Lipinski definition) is 3. The smallest absolute Gasteiger partial charge is 0.139 e. The van der Waals surface area contributed by atoms with Crippen LogP contribution in [0.15, 0.2) is 85.1 Å². The van der Waals surface area contributed by atoms with Crippen LogP contribution in [0.1, 0.15) is 29.2 Å². The Labute approximate surface area is 196 Å². The van der Waals surface area contributed by atoms with E-state index in [1.165, 1.54) is 66.7 Å². The number of methoxy groups -OCH3 is 1. The molecule has 1 atom stereocenters. The third kappa shape index (κ3) is 4.97. The van der Waals surface area contributed by atoms with Gasteiger partial charge in [-0.25, -0.2) is 0 Å². The fraction of sp³-hybridized carbons (Fsp3) is 0.310. The van der Waals surface area contributed by atoms with Gasteiger partial charge in [0, 0.05) is 34.6 Å². The van der Waals surface area contributed by atoms with Gasteiger partial charge in [0.05, 0.1) is 13.7 Å². The molecule has 5 rings (SSSR count). The fourth-order valence-corrected chi connectivity index (χ4v) is 5.44. The molecule has 1 aromatic heterocycles. The Kier molecular flexibility index (Phi) is 6.75. The quantitative estimate of drug-likeness (QED) is 0.386. The minimum absolute atomic E-state index is 0.380. The van der Waals surface area contributed by atoms with Crippen LogP contribution >= 0.6 is 0 Å². The summed E-state index contributed by atoms with van der Waals surface area (Å²) >= 11 is 0. The summed E-state index contributed by atoms with van der Waals surface area (Å²) in [6.45, 7) is 6.14. The van der Waals surface area contributed by atoms with Gasteiger partial charge in [-0.2, -0.15) is 0 Å². The van der Waals surface area contributed by atoms with E-state index in [0.717, 1.165) is 12.2 Å². The second-order valence-electron chi connectivity index (χ2n) is 9.24. The van der Waals surface area contributed by atoms with Crippen LogP contribution in [-0.2, 0) is 6.42 Å². The van der Waals surface area contributed by atoms with Crippen molar-refractivity contribution in [3.63, 3.8) is 0 Å². The molecule has 2 heterocycles. The lowest BCUT2D eigenvalue weighted by molar-refractivity contribution is -1.02. The van der Waals surface area contributed by atoms with Crippen LogP contribution in [0.3, 0.4) is 0 Å². The Morgan fingerprint density at radius 2 is 1.52 bits per heavy atom. The highest BCUT2D eigenvalue weighted by atomic mass is 16.5. The standard InChI is InChI=1S/C29H33N3O/c1-33-26-15-13-24(14-16-26)29(23-8-3-2-4-9-23)32-20-18-31(19-21-32)17-7-10-25-22-30-28-12-6-5-11-27(25)28/h2-6,8-9,11-16,22,29-30H,7,10,17-21H2,1H3/p+2/t29-/m1/s1. The summed E-state index contributed by atoms with van der Waals surface area (Å²) in [7, 11) is 1.73. The lowest BCUT2D eigenvalue weighted by Crippen LogP contribution is -3.28. The first kappa shape index (κ1) is 21.7. The number of para-hydroxylation sites is 1. The number of H-pyrrole nitrogens is 1. The molecule has 0 aliphatic carbocycles. The average Bonchev–Trinajstić information content (AvgIpc) is 3.29. The molecule has 0 saturated carbocycles. The number of benzene rings is 3. The maximum atomic E-state index is 5.39. The van der Waals surface area contributed by atoms with Crippen molar-refractivity contribution in [1.82, 2.24) is 4.98 Å². The Morgan fingerprint density at radius 1 is 0.818 bits per heavy atom. The van der Waals surface area contributed by atoms with Crippen molar-refractivity contribution >= 4 is 10.9 Å². The summed E-state index contributed by atoms with van der Waals surface area (Å²) in [5, 5.41) is 1.38. The molecule has 0 bridgehead atoms. The highest BCUT2D eigenvalue weighted by Crippen LogP contribution is 2.22. The summed E-state index contributed by atoms with van der Waals surface area (Å²) in [5.74, 6) is 0.921. The number of piperazine rings is 1. The normalized spacial score (nSPS) is 19.4. The number of aryl methyl sites for hydroxylation is 1. The van der Waals surface area contributed by atoms with Crippen LogP contribution in [0, 0.1) is 0 Å². The predicted octanol–water partition coefficient (Wildman–Crippen LogP) is 2.68. The highest BCUT2D eigenvalue weighted by Gasteiger charge is 2.31. The number of hydrogen-bond acceptors (Lipinski definition) is 1. The molecule has 170 valence electrons. The fourth-order valence-electron chi connectivity index (χ4n) is 5.44. The van der Waals surface area contributed by atoms with Crippen LogP contribution in [-0.4, -0.2) is 44.8 Å². The van der Waals surface area contributed by atoms with Crippen LogP contribution in [0.25, 0.3) is 10.9 Å². The van der Waals surface area contributed by atoms with Crippen molar-refractivity contribution in [3.05, 3.63) is 102 Å². The van der Waals surface area contributed by atoms with Crippen molar-refractivity contribution in [2.24, 2.45) is 0 Å². The average molecular weight is 442 g/mol. The minimum atomic E-state index is 0.380. The second kappa shape index (κ2) is 10.2. The van der Waals surface area contributed by atoms with E-state index in [4.69, 9.17) is 4.74 Å². The molecule has 1 fully saturated rings. The van der Waals surface area contributed by atoms with Crippen molar-refractivity contribution in [3.8, 4) is 5.75 Å². The molecule has 0 unspecified atom stereocenters. The molecule has 1 aliphatic rings. The van der Waals surface area contributed by atoms with Gasteiger partial charge in [-0.15, -0.1) is 0 Å². The van der Waals surface area contributed by atoms with E-state index in [-0.39, 0.29) is 0 Å². The predicted molar refractivity (Wildman–Crippen MR) is 134 cm³/mol. The lowest BCUT2D eigenvalue weighted by Gasteiger charge is -2.35. The molecule has 0 spiro atoms. The van der Waals surface area contributed by atoms with E-state index >= 15 is 0 Å². The topological polar surface area (TPSA) is 33.9 Å². The number of ether oxygens (including phenoxy) is 1. The Bertz CT molecular complexity index is 1140. The summed E-state index contributed by atoms with van der Waals surface area (Å²) in [6, 6.07) is 28.7. The van der Waals surface area contributed by atoms with E-state index in [9.17, 15) is 0 Å². The van der Waals surface area contributed by atoms with E-state index in [1.54, 1.807) is 16.9 Å². The van der Waals surface area contributed by atoms with Gasteiger partial charge < -0.3 is 19.5 Å². The maximum Gasteiger partial charge on any atom is 0.139 e. The van der Waals surface area contributed by atoms with Crippen molar-refractivity contribution in [2.75, 3.05) is 39.8 Å². The van der Waals surface area contributed by atoms with Gasteiger partial charge in [-0.1, -0.05) is 48.5 Å². The third-order valence-electron chi connectivity index (χ3n) is 7.24. The van der Waals surface area contributed by atoms with Gasteiger partial charge in [-0.3, -0.25) is 0 Å². The van der Waals surface area contributed by atoms with Crippen LogP contribution < -0.4 is 14.5 Å². The number of aromatic amines is 1. The molecule has 4 heteroatoms. The van der Waals surface area contributed by atoms with Gasteiger partial charge in [-0.05, 0) is 42.3 Å². The largest absolute Gasteiger partial charge is 0.497 e. The molecule has 0 amide bonds. The zero-order valence-corrected chi connectivity index (χ0v) is 19.5. The van der Waals surface area contributed by atoms with Gasteiger partial charge in [0.1, 0.15) is 38.0 Å². The summed E-state index contributed by atoms with van der Waals surface area (Å²) < 4.78 is 5.39. The minimum Gasteiger partial charge on any atom is -0.497 e. The SMILES string of the molecule is COc1ccc([C@@H](c2ccccc2)[NH+]2CC[NH+](CCCc3c[nH]c4ccccc34)CC2)cc1. The maximum absolute atomic E-state index is 5.39. The highest BCUT2D eigenvalue weighted by molar-refractivity contribution is 5.82. The third-order valence-corrected chi connectivity index (χ3v) is 7.24. The Balaban J connectivity index is 1.20. The van der Waals surface area contributed by atoms with Crippen LogP contribution in [0.4, 0.5) is 0 Å². The number of rotatable bonds is 8. The van der Waals surface area contributed by atoms with Gasteiger partial charge >= 0.3 is 0 Å². The molecule has 0 radical (unpaired) electrons. The molecule has 1 aliphatic heterocycles. The second-order valence-corrected chi connectivity index (χ2v) is 9.24. The first-order valence-electron chi connectivity index (χ1n) is 12.2. The van der Waals surface area contributed by atoms with E-state index in [0.29, 0.717) is 6.04 Å². The zero-order chi connectivity index (χ0) is 22.5. The van der Waals surface area contributed by atoms with E-state index < -0.39 is 0 Å². The van der Waals surface area contributed by atoms with Crippen LogP contribution in [0.2, 0.25) is 0 Å². The molecule has 4 nitrogen and oxygen atoms in total. The van der Waals surface area contributed by atoms with E-state index in [2.05, 4.69) is 90.0 Å². The molecule has 4 aromatic rings. The Morgan fingerprint density at radius 3 is 2.27 bits per heavy atom. The van der Waals surface area contributed by atoms with Crippen molar-refractivity contribution in [2.45, 2.75) is 18.9 Å². The summed E-state index contributed by atoms with van der Waals surface area (Å²) in [4.78, 5) is 6.84. The number of fused-ring (bicyclic) bond motifs is 1. The first-order chi connectivity index (χ1) is 16.3. The first-order valence-corrected chi connectivity index (χ1v) is 12.2. The molecule has 3 N–H and O–H groups in total. The number of aromatic nitrogens is 1.